The summed E-state index contributed by atoms with van der Waals surface area (Å²) in [5.74, 6) is 0.868. The lowest BCUT2D eigenvalue weighted by Gasteiger charge is -2.10. The molecule has 2 rings (SSSR count). The average molecular weight is 338 g/mol. The van der Waals surface area contributed by atoms with Crippen LogP contribution < -0.4 is 10.1 Å². The number of hydrogen-bond donors (Lipinski definition) is 1. The third kappa shape index (κ3) is 4.35. The van der Waals surface area contributed by atoms with E-state index in [4.69, 9.17) is 4.74 Å². The first-order valence-electron chi connectivity index (χ1n) is 6.79. The predicted molar refractivity (Wildman–Crippen MR) is 83.7 cm³/mol. The molecule has 0 atom stereocenters. The lowest BCUT2D eigenvalue weighted by molar-refractivity contribution is 0.299. The number of ether oxygens (including phenoxy) is 1. The fraction of sp³-hybridized carbons (Fsp3) is 0.400. The molecule has 0 bridgehead atoms. The highest BCUT2D eigenvalue weighted by molar-refractivity contribution is 9.10. The van der Waals surface area contributed by atoms with E-state index in [9.17, 15) is 0 Å². The fourth-order valence-corrected chi connectivity index (χ4v) is 2.26. The predicted octanol–water partition coefficient (Wildman–Crippen LogP) is 3.26. The van der Waals surface area contributed by atoms with Gasteiger partial charge in [0.05, 0.1) is 5.69 Å². The van der Waals surface area contributed by atoms with E-state index < -0.39 is 0 Å². The summed E-state index contributed by atoms with van der Waals surface area (Å²) in [5, 5.41) is 7.69. The molecule has 4 nitrogen and oxygen atoms in total. The van der Waals surface area contributed by atoms with Gasteiger partial charge in [-0.2, -0.15) is 5.10 Å². The minimum absolute atomic E-state index is 0.490. The Morgan fingerprint density at radius 2 is 2.20 bits per heavy atom. The summed E-state index contributed by atoms with van der Waals surface area (Å²) in [5.41, 5.74) is 2.14. The summed E-state index contributed by atoms with van der Waals surface area (Å²) in [6.45, 7) is 4.51. The van der Waals surface area contributed by atoms with Crippen LogP contribution in [0.25, 0.3) is 0 Å². The summed E-state index contributed by atoms with van der Waals surface area (Å²) >= 11 is 3.57. The van der Waals surface area contributed by atoms with E-state index in [0.717, 1.165) is 35.4 Å². The molecule has 0 aliphatic heterocycles. The van der Waals surface area contributed by atoms with Gasteiger partial charge in [0.1, 0.15) is 12.4 Å². The van der Waals surface area contributed by atoms with Crippen molar-refractivity contribution in [2.75, 3.05) is 6.54 Å². The minimum Gasteiger partial charge on any atom is -0.487 e. The van der Waals surface area contributed by atoms with Crippen molar-refractivity contribution in [1.29, 1.82) is 0 Å². The molecule has 108 valence electrons. The molecule has 1 aromatic carbocycles. The van der Waals surface area contributed by atoms with Gasteiger partial charge in [0.15, 0.2) is 0 Å². The van der Waals surface area contributed by atoms with Gasteiger partial charge >= 0.3 is 0 Å². The van der Waals surface area contributed by atoms with Crippen LogP contribution >= 0.6 is 15.9 Å². The maximum Gasteiger partial charge on any atom is 0.132 e. The van der Waals surface area contributed by atoms with Crippen LogP contribution in [0.5, 0.6) is 5.75 Å². The Balaban J connectivity index is 1.95. The van der Waals surface area contributed by atoms with E-state index in [2.05, 4.69) is 39.3 Å². The molecule has 1 aromatic heterocycles. The highest BCUT2D eigenvalue weighted by Gasteiger charge is 2.04. The first-order chi connectivity index (χ1) is 9.69. The molecule has 0 saturated carbocycles. The van der Waals surface area contributed by atoms with Crippen molar-refractivity contribution in [2.24, 2.45) is 7.05 Å². The van der Waals surface area contributed by atoms with Gasteiger partial charge in [-0.3, -0.25) is 4.68 Å². The van der Waals surface area contributed by atoms with Crippen LogP contribution in [0, 0.1) is 0 Å². The number of aromatic nitrogens is 2. The van der Waals surface area contributed by atoms with E-state index in [1.165, 1.54) is 5.56 Å². The molecule has 0 amide bonds. The smallest absolute Gasteiger partial charge is 0.132 e. The Labute approximate surface area is 128 Å². The molecule has 0 aliphatic carbocycles. The van der Waals surface area contributed by atoms with Gasteiger partial charge in [0.25, 0.3) is 0 Å². The standard InChI is InChI=1S/C15H20BrN3O/c1-3-7-17-10-12-9-14(4-5-15(12)16)20-11-13-6-8-19(2)18-13/h4-6,8-9,17H,3,7,10-11H2,1-2H3. The van der Waals surface area contributed by atoms with Crippen LogP contribution in [-0.4, -0.2) is 16.3 Å². The van der Waals surface area contributed by atoms with E-state index in [1.54, 1.807) is 4.68 Å². The SMILES string of the molecule is CCCNCc1cc(OCc2ccn(C)n2)ccc1Br. The Morgan fingerprint density at radius 1 is 1.35 bits per heavy atom. The summed E-state index contributed by atoms with van der Waals surface area (Å²) < 4.78 is 8.66. The molecule has 0 saturated heterocycles. The Hall–Kier alpha value is -1.33. The fourth-order valence-electron chi connectivity index (χ4n) is 1.87. The number of aryl methyl sites for hydroxylation is 1. The molecular formula is C15H20BrN3O. The van der Waals surface area contributed by atoms with Crippen molar-refractivity contribution in [2.45, 2.75) is 26.5 Å². The van der Waals surface area contributed by atoms with Crippen molar-refractivity contribution >= 4 is 15.9 Å². The summed E-state index contributed by atoms with van der Waals surface area (Å²) in [6.07, 6.45) is 3.05. The largest absolute Gasteiger partial charge is 0.487 e. The van der Waals surface area contributed by atoms with Crippen LogP contribution in [0.2, 0.25) is 0 Å². The molecule has 0 spiro atoms. The number of halogens is 1. The first-order valence-corrected chi connectivity index (χ1v) is 7.59. The number of benzene rings is 1. The van der Waals surface area contributed by atoms with Gasteiger partial charge in [0, 0.05) is 24.3 Å². The summed E-state index contributed by atoms with van der Waals surface area (Å²) in [4.78, 5) is 0. The van der Waals surface area contributed by atoms with Gasteiger partial charge in [-0.25, -0.2) is 0 Å². The van der Waals surface area contributed by atoms with Crippen LogP contribution in [0.15, 0.2) is 34.9 Å². The summed E-state index contributed by atoms with van der Waals surface area (Å²) in [7, 11) is 1.90. The second kappa shape index (κ2) is 7.45. The normalized spacial score (nSPS) is 10.8. The van der Waals surface area contributed by atoms with Gasteiger partial charge in [-0.1, -0.05) is 22.9 Å². The molecule has 0 radical (unpaired) electrons. The molecule has 1 heterocycles. The minimum atomic E-state index is 0.490. The van der Waals surface area contributed by atoms with E-state index >= 15 is 0 Å². The topological polar surface area (TPSA) is 39.1 Å². The third-order valence-corrected chi connectivity index (χ3v) is 3.69. The van der Waals surface area contributed by atoms with Crippen LogP contribution in [-0.2, 0) is 20.2 Å². The van der Waals surface area contributed by atoms with Crippen molar-refractivity contribution in [3.8, 4) is 5.75 Å². The van der Waals surface area contributed by atoms with Gasteiger partial charge < -0.3 is 10.1 Å². The number of nitrogens with one attached hydrogen (secondary N) is 1. The lowest BCUT2D eigenvalue weighted by Crippen LogP contribution is -2.14. The molecule has 2 aromatic rings. The molecule has 1 N–H and O–H groups in total. The lowest BCUT2D eigenvalue weighted by atomic mass is 10.2. The molecule has 20 heavy (non-hydrogen) atoms. The quantitative estimate of drug-likeness (QED) is 0.788. The van der Waals surface area contributed by atoms with Crippen LogP contribution in [0.3, 0.4) is 0 Å². The molecule has 0 unspecified atom stereocenters. The van der Waals surface area contributed by atoms with Crippen molar-refractivity contribution < 1.29 is 4.74 Å². The molecule has 0 aliphatic rings. The van der Waals surface area contributed by atoms with Crippen LogP contribution in [0.1, 0.15) is 24.6 Å². The van der Waals surface area contributed by atoms with E-state index in [1.807, 2.05) is 31.4 Å². The second-order valence-electron chi connectivity index (χ2n) is 4.70. The molecule has 5 heteroatoms. The second-order valence-corrected chi connectivity index (χ2v) is 5.55. The third-order valence-electron chi connectivity index (χ3n) is 2.91. The Bertz CT molecular complexity index is 554. The van der Waals surface area contributed by atoms with Crippen molar-refractivity contribution in [1.82, 2.24) is 15.1 Å². The highest BCUT2D eigenvalue weighted by Crippen LogP contribution is 2.23. The Morgan fingerprint density at radius 3 is 2.90 bits per heavy atom. The molecular weight excluding hydrogens is 318 g/mol. The molecule has 0 fully saturated rings. The number of rotatable bonds is 7. The zero-order chi connectivity index (χ0) is 14.4. The van der Waals surface area contributed by atoms with Gasteiger partial charge in [0.2, 0.25) is 0 Å². The number of hydrogen-bond acceptors (Lipinski definition) is 3. The average Bonchev–Trinajstić information content (AvgIpc) is 2.85. The maximum absolute atomic E-state index is 5.78. The monoisotopic (exact) mass is 337 g/mol. The van der Waals surface area contributed by atoms with Gasteiger partial charge in [-0.15, -0.1) is 0 Å². The Kier molecular flexibility index (Phi) is 5.61. The summed E-state index contributed by atoms with van der Waals surface area (Å²) in [6, 6.07) is 8.02. The number of nitrogens with zero attached hydrogens (tertiary/aromatic N) is 2. The van der Waals surface area contributed by atoms with Crippen molar-refractivity contribution in [3.63, 3.8) is 0 Å². The zero-order valence-corrected chi connectivity index (χ0v) is 13.5. The van der Waals surface area contributed by atoms with Crippen LogP contribution in [0.4, 0.5) is 0 Å². The maximum atomic E-state index is 5.78. The first kappa shape index (κ1) is 15.1. The van der Waals surface area contributed by atoms with Gasteiger partial charge in [-0.05, 0) is 42.8 Å². The zero-order valence-electron chi connectivity index (χ0n) is 11.9. The van der Waals surface area contributed by atoms with E-state index in [-0.39, 0.29) is 0 Å². The highest BCUT2D eigenvalue weighted by atomic mass is 79.9. The van der Waals surface area contributed by atoms with E-state index in [0.29, 0.717) is 6.61 Å². The van der Waals surface area contributed by atoms with Crippen molar-refractivity contribution in [3.05, 3.63) is 46.2 Å².